The fourth-order valence-electron chi connectivity index (χ4n) is 1.20. The first-order valence-electron chi connectivity index (χ1n) is 3.53. The van der Waals surface area contributed by atoms with Crippen molar-refractivity contribution in [2.45, 2.75) is 20.3 Å². The molecule has 0 amide bonds. The summed E-state index contributed by atoms with van der Waals surface area (Å²) in [5.41, 5.74) is 0.287. The fourth-order valence-corrected chi connectivity index (χ4v) is 1.20. The lowest BCUT2D eigenvalue weighted by atomic mass is 10.0. The van der Waals surface area contributed by atoms with E-state index in [2.05, 4.69) is 0 Å². The van der Waals surface area contributed by atoms with Gasteiger partial charge in [-0.05, 0) is 5.92 Å². The van der Waals surface area contributed by atoms with Gasteiger partial charge in [-0.3, -0.25) is 9.59 Å². The Bertz CT molecular complexity index is 248. The van der Waals surface area contributed by atoms with Gasteiger partial charge in [0.05, 0.1) is 6.42 Å². The van der Waals surface area contributed by atoms with Crippen molar-refractivity contribution in [1.82, 2.24) is 0 Å². The summed E-state index contributed by atoms with van der Waals surface area (Å²) in [7, 11) is 0. The van der Waals surface area contributed by atoms with Crippen LogP contribution in [-0.4, -0.2) is 16.7 Å². The number of hydrogen-bond acceptors (Lipinski definition) is 3. The normalized spacial score (nSPS) is 18.8. The van der Waals surface area contributed by atoms with Crippen molar-refractivity contribution in [3.63, 3.8) is 0 Å². The number of aliphatic hydroxyl groups excluding tert-OH is 1. The van der Waals surface area contributed by atoms with Crippen molar-refractivity contribution in [3.8, 4) is 0 Å². The van der Waals surface area contributed by atoms with Gasteiger partial charge in [-0.25, -0.2) is 0 Å². The summed E-state index contributed by atoms with van der Waals surface area (Å²) in [5.74, 6) is -1.07. The van der Waals surface area contributed by atoms with E-state index >= 15 is 0 Å². The van der Waals surface area contributed by atoms with Crippen molar-refractivity contribution in [1.29, 1.82) is 0 Å². The van der Waals surface area contributed by atoms with Crippen LogP contribution in [0, 0.1) is 5.92 Å². The van der Waals surface area contributed by atoms with Gasteiger partial charge in [0.2, 0.25) is 5.78 Å². The maximum atomic E-state index is 11.0. The Hall–Kier alpha value is -1.12. The van der Waals surface area contributed by atoms with E-state index in [4.69, 9.17) is 5.11 Å². The zero-order valence-electron chi connectivity index (χ0n) is 6.55. The van der Waals surface area contributed by atoms with Crippen LogP contribution in [0.1, 0.15) is 20.3 Å². The Balaban J connectivity index is 3.07. The minimum atomic E-state index is -0.446. The van der Waals surface area contributed by atoms with E-state index in [1.54, 1.807) is 13.8 Å². The van der Waals surface area contributed by atoms with Crippen molar-refractivity contribution < 1.29 is 14.7 Å². The molecule has 0 saturated heterocycles. The molecule has 0 radical (unpaired) electrons. The highest BCUT2D eigenvalue weighted by Crippen LogP contribution is 2.23. The topological polar surface area (TPSA) is 54.4 Å². The number of hydrogen-bond donors (Lipinski definition) is 1. The van der Waals surface area contributed by atoms with E-state index in [0.29, 0.717) is 0 Å². The third kappa shape index (κ3) is 1.18. The summed E-state index contributed by atoms with van der Waals surface area (Å²) < 4.78 is 0. The highest BCUT2D eigenvalue weighted by atomic mass is 16.3. The smallest absolute Gasteiger partial charge is 0.205 e. The van der Waals surface area contributed by atoms with Gasteiger partial charge in [-0.2, -0.15) is 0 Å². The molecule has 0 fully saturated rings. The van der Waals surface area contributed by atoms with Crippen molar-refractivity contribution in [2.24, 2.45) is 5.92 Å². The number of aliphatic hydroxyl groups is 1. The lowest BCUT2D eigenvalue weighted by Crippen LogP contribution is -2.03. The molecule has 60 valence electrons. The molecule has 1 aliphatic carbocycles. The predicted molar refractivity (Wildman–Crippen MR) is 39.1 cm³/mol. The molecule has 1 N–H and O–H groups in total. The fraction of sp³-hybridized carbons (Fsp3) is 0.500. The van der Waals surface area contributed by atoms with Gasteiger partial charge >= 0.3 is 0 Å². The third-order valence-corrected chi connectivity index (χ3v) is 1.72. The Morgan fingerprint density at radius 1 is 1.27 bits per heavy atom. The van der Waals surface area contributed by atoms with E-state index < -0.39 is 5.78 Å². The highest BCUT2D eigenvalue weighted by Gasteiger charge is 2.31. The predicted octanol–water partition coefficient (Wildman–Crippen LogP) is 0.996. The average Bonchev–Trinajstić information content (AvgIpc) is 2.07. The Morgan fingerprint density at radius 3 is 2.00 bits per heavy atom. The molecule has 0 aromatic carbocycles. The first-order chi connectivity index (χ1) is 5.04. The van der Waals surface area contributed by atoms with Crippen LogP contribution in [0.25, 0.3) is 0 Å². The molecule has 0 unspecified atom stereocenters. The SMILES string of the molecule is CC(C)C1=C(O)C(=O)CC1=O. The quantitative estimate of drug-likeness (QED) is 0.573. The molecule has 0 saturated carbocycles. The monoisotopic (exact) mass is 154 g/mol. The molecule has 0 bridgehead atoms. The van der Waals surface area contributed by atoms with Crippen LogP contribution in [0.2, 0.25) is 0 Å². The number of carbonyl (C=O) groups excluding carboxylic acids is 2. The first kappa shape index (κ1) is 7.98. The Kier molecular flexibility index (Phi) is 1.81. The first-order valence-corrected chi connectivity index (χ1v) is 3.53. The van der Waals surface area contributed by atoms with E-state index in [1.165, 1.54) is 0 Å². The number of carbonyl (C=O) groups is 2. The van der Waals surface area contributed by atoms with Crippen LogP contribution >= 0.6 is 0 Å². The molecule has 0 aromatic rings. The molecular formula is C8H10O3. The van der Waals surface area contributed by atoms with Crippen LogP contribution in [0.3, 0.4) is 0 Å². The second kappa shape index (κ2) is 2.49. The minimum absolute atomic E-state index is 0.0612. The molecule has 0 aromatic heterocycles. The highest BCUT2D eigenvalue weighted by molar-refractivity contribution is 6.21. The van der Waals surface area contributed by atoms with Crippen molar-refractivity contribution >= 4 is 11.6 Å². The van der Waals surface area contributed by atoms with E-state index in [9.17, 15) is 9.59 Å². The summed E-state index contributed by atoms with van der Waals surface area (Å²) in [6, 6.07) is 0. The largest absolute Gasteiger partial charge is 0.504 e. The number of ketones is 2. The average molecular weight is 154 g/mol. The zero-order valence-corrected chi connectivity index (χ0v) is 6.55. The lowest BCUT2D eigenvalue weighted by Gasteiger charge is -2.02. The number of rotatable bonds is 1. The van der Waals surface area contributed by atoms with Gasteiger partial charge in [0.15, 0.2) is 11.5 Å². The maximum absolute atomic E-state index is 11.0. The Morgan fingerprint density at radius 2 is 1.82 bits per heavy atom. The number of allylic oxidation sites excluding steroid dienone is 2. The second-order valence-electron chi connectivity index (χ2n) is 2.94. The zero-order chi connectivity index (χ0) is 8.59. The van der Waals surface area contributed by atoms with Crippen LogP contribution in [-0.2, 0) is 9.59 Å². The van der Waals surface area contributed by atoms with Crippen LogP contribution in [0.15, 0.2) is 11.3 Å². The molecule has 11 heavy (non-hydrogen) atoms. The Labute approximate surface area is 64.7 Å². The maximum Gasteiger partial charge on any atom is 0.205 e. The summed E-state index contributed by atoms with van der Waals surface area (Å²) in [6.45, 7) is 3.56. The molecule has 0 heterocycles. The molecular weight excluding hydrogens is 144 g/mol. The lowest BCUT2D eigenvalue weighted by molar-refractivity contribution is -0.122. The molecule has 0 atom stereocenters. The van der Waals surface area contributed by atoms with E-state index in [-0.39, 0.29) is 29.5 Å². The van der Waals surface area contributed by atoms with Gasteiger partial charge < -0.3 is 5.11 Å². The standard InChI is InChI=1S/C8H10O3/c1-4(2)7-5(9)3-6(10)8(7)11/h4,11H,3H2,1-2H3. The number of Topliss-reactive ketones (excluding diaryl/α,β-unsaturated/α-hetero) is 2. The van der Waals surface area contributed by atoms with Crippen LogP contribution < -0.4 is 0 Å². The van der Waals surface area contributed by atoms with Gasteiger partial charge in [0.1, 0.15) is 0 Å². The molecule has 0 aliphatic heterocycles. The summed E-state index contributed by atoms with van der Waals surface area (Å²) in [4.78, 5) is 21.8. The summed E-state index contributed by atoms with van der Waals surface area (Å²) >= 11 is 0. The molecule has 1 aliphatic rings. The van der Waals surface area contributed by atoms with E-state index in [1.807, 2.05) is 0 Å². The summed E-state index contributed by atoms with van der Waals surface area (Å²) in [5, 5.41) is 9.11. The van der Waals surface area contributed by atoms with Crippen LogP contribution in [0.5, 0.6) is 0 Å². The van der Waals surface area contributed by atoms with E-state index in [0.717, 1.165) is 0 Å². The van der Waals surface area contributed by atoms with Gasteiger partial charge in [-0.1, -0.05) is 13.8 Å². The third-order valence-electron chi connectivity index (χ3n) is 1.72. The molecule has 3 nitrogen and oxygen atoms in total. The second-order valence-corrected chi connectivity index (χ2v) is 2.94. The molecule has 0 spiro atoms. The van der Waals surface area contributed by atoms with Gasteiger partial charge in [-0.15, -0.1) is 0 Å². The van der Waals surface area contributed by atoms with Crippen molar-refractivity contribution in [3.05, 3.63) is 11.3 Å². The molecule has 1 rings (SSSR count). The van der Waals surface area contributed by atoms with Gasteiger partial charge in [0.25, 0.3) is 0 Å². The summed E-state index contributed by atoms with van der Waals surface area (Å²) in [6.07, 6.45) is -0.153. The molecule has 3 heteroatoms. The van der Waals surface area contributed by atoms with Crippen LogP contribution in [0.4, 0.5) is 0 Å². The van der Waals surface area contributed by atoms with Gasteiger partial charge in [0, 0.05) is 5.57 Å². The minimum Gasteiger partial charge on any atom is -0.504 e. The van der Waals surface area contributed by atoms with Crippen molar-refractivity contribution in [2.75, 3.05) is 0 Å².